The van der Waals surface area contributed by atoms with Crippen LogP contribution in [0, 0.1) is 5.92 Å². The Morgan fingerprint density at radius 3 is 3.05 bits per heavy atom. The normalized spacial score (nSPS) is 27.2. The van der Waals surface area contributed by atoms with Gasteiger partial charge in [0.05, 0.1) is 12.1 Å². The molecule has 2 fully saturated rings. The molecule has 0 spiro atoms. The second-order valence-electron chi connectivity index (χ2n) is 5.48. The standard InChI is InChI=1S/C12H18N4O2S/c1-8(2)3-16-9-4-15(12-14-13-7-19-12)5-10(9)18-6-11(16)17/h7-10H,3-6H2,1-2H3/t9-,10-/m1/s1. The van der Waals surface area contributed by atoms with Gasteiger partial charge >= 0.3 is 0 Å². The molecule has 2 saturated heterocycles. The molecule has 3 rings (SSSR count). The minimum atomic E-state index is 0.0975. The molecule has 1 aromatic heterocycles. The third kappa shape index (κ3) is 2.44. The molecule has 19 heavy (non-hydrogen) atoms. The average molecular weight is 282 g/mol. The van der Waals surface area contributed by atoms with Crippen molar-refractivity contribution in [2.24, 2.45) is 5.92 Å². The maximum atomic E-state index is 12.0. The van der Waals surface area contributed by atoms with E-state index in [-0.39, 0.29) is 24.7 Å². The zero-order chi connectivity index (χ0) is 13.4. The van der Waals surface area contributed by atoms with Gasteiger partial charge in [-0.05, 0) is 5.92 Å². The maximum absolute atomic E-state index is 12.0. The fraction of sp³-hybridized carbons (Fsp3) is 0.750. The summed E-state index contributed by atoms with van der Waals surface area (Å²) >= 11 is 1.53. The highest BCUT2D eigenvalue weighted by Crippen LogP contribution is 2.28. The lowest BCUT2D eigenvalue weighted by molar-refractivity contribution is -0.153. The highest BCUT2D eigenvalue weighted by atomic mass is 32.1. The zero-order valence-corrected chi connectivity index (χ0v) is 12.0. The second kappa shape index (κ2) is 5.05. The van der Waals surface area contributed by atoms with Crippen LogP contribution in [0.3, 0.4) is 0 Å². The molecule has 2 atom stereocenters. The van der Waals surface area contributed by atoms with E-state index in [2.05, 4.69) is 28.9 Å². The molecule has 2 aliphatic rings. The third-order valence-corrected chi connectivity index (χ3v) is 4.31. The molecule has 7 heteroatoms. The molecule has 0 aliphatic carbocycles. The number of amides is 1. The molecular weight excluding hydrogens is 264 g/mol. The molecule has 0 bridgehead atoms. The van der Waals surface area contributed by atoms with Gasteiger partial charge in [0.25, 0.3) is 0 Å². The van der Waals surface area contributed by atoms with E-state index < -0.39 is 0 Å². The number of carbonyl (C=O) groups excluding carboxylic acids is 1. The van der Waals surface area contributed by atoms with Gasteiger partial charge in [-0.25, -0.2) is 0 Å². The molecule has 104 valence electrons. The number of aromatic nitrogens is 2. The van der Waals surface area contributed by atoms with Crippen LogP contribution in [-0.4, -0.2) is 59.4 Å². The van der Waals surface area contributed by atoms with E-state index in [1.165, 1.54) is 11.3 Å². The molecule has 0 N–H and O–H groups in total. The van der Waals surface area contributed by atoms with Crippen LogP contribution in [0.2, 0.25) is 0 Å². The third-order valence-electron chi connectivity index (χ3n) is 3.56. The predicted molar refractivity (Wildman–Crippen MR) is 72.2 cm³/mol. The number of ether oxygens (including phenoxy) is 1. The van der Waals surface area contributed by atoms with Crippen molar-refractivity contribution in [1.82, 2.24) is 15.1 Å². The Bertz CT molecular complexity index is 451. The summed E-state index contributed by atoms with van der Waals surface area (Å²) in [6.45, 7) is 6.86. The van der Waals surface area contributed by atoms with E-state index in [1.54, 1.807) is 5.51 Å². The van der Waals surface area contributed by atoms with Crippen LogP contribution in [0.5, 0.6) is 0 Å². The van der Waals surface area contributed by atoms with Crippen molar-refractivity contribution in [3.05, 3.63) is 5.51 Å². The van der Waals surface area contributed by atoms with Crippen molar-refractivity contribution in [2.75, 3.05) is 31.1 Å². The topological polar surface area (TPSA) is 58.6 Å². The number of nitrogens with zero attached hydrogens (tertiary/aromatic N) is 4. The Morgan fingerprint density at radius 1 is 1.53 bits per heavy atom. The van der Waals surface area contributed by atoms with Crippen molar-refractivity contribution in [3.8, 4) is 0 Å². The highest BCUT2D eigenvalue weighted by Gasteiger charge is 2.43. The van der Waals surface area contributed by atoms with Crippen molar-refractivity contribution in [1.29, 1.82) is 0 Å². The smallest absolute Gasteiger partial charge is 0.248 e. The summed E-state index contributed by atoms with van der Waals surface area (Å²) in [4.78, 5) is 16.2. The van der Waals surface area contributed by atoms with Crippen LogP contribution in [0.4, 0.5) is 5.13 Å². The number of hydrogen-bond acceptors (Lipinski definition) is 6. The molecule has 1 amide bonds. The first-order chi connectivity index (χ1) is 9.15. The maximum Gasteiger partial charge on any atom is 0.248 e. The first-order valence-electron chi connectivity index (χ1n) is 6.57. The van der Waals surface area contributed by atoms with Crippen molar-refractivity contribution in [3.63, 3.8) is 0 Å². The van der Waals surface area contributed by atoms with E-state index in [0.717, 1.165) is 24.8 Å². The summed E-state index contributed by atoms with van der Waals surface area (Å²) in [6, 6.07) is 0.146. The van der Waals surface area contributed by atoms with Gasteiger partial charge in [0.2, 0.25) is 11.0 Å². The van der Waals surface area contributed by atoms with Gasteiger partial charge in [-0.3, -0.25) is 4.79 Å². The van der Waals surface area contributed by atoms with E-state index >= 15 is 0 Å². The molecule has 3 heterocycles. The average Bonchev–Trinajstić information content (AvgIpc) is 3.00. The highest BCUT2D eigenvalue weighted by molar-refractivity contribution is 7.13. The summed E-state index contributed by atoms with van der Waals surface area (Å²) in [7, 11) is 0. The van der Waals surface area contributed by atoms with Gasteiger partial charge in [-0.1, -0.05) is 25.2 Å². The Labute approximate surface area is 116 Å². The first-order valence-corrected chi connectivity index (χ1v) is 7.45. The van der Waals surface area contributed by atoms with Crippen LogP contribution in [-0.2, 0) is 9.53 Å². The summed E-state index contributed by atoms with van der Waals surface area (Å²) in [5, 5.41) is 8.88. The largest absolute Gasteiger partial charge is 0.364 e. The molecule has 1 aromatic rings. The molecular formula is C12H18N4O2S. The lowest BCUT2D eigenvalue weighted by Gasteiger charge is -2.37. The molecule has 0 aromatic carbocycles. The minimum Gasteiger partial charge on any atom is -0.364 e. The Kier molecular flexibility index (Phi) is 3.40. The summed E-state index contributed by atoms with van der Waals surface area (Å²) in [6.07, 6.45) is 0.0975. The van der Waals surface area contributed by atoms with Crippen LogP contribution < -0.4 is 4.90 Å². The van der Waals surface area contributed by atoms with Gasteiger partial charge in [-0.15, -0.1) is 10.2 Å². The van der Waals surface area contributed by atoms with Crippen LogP contribution in [0.1, 0.15) is 13.8 Å². The molecule has 0 radical (unpaired) electrons. The zero-order valence-electron chi connectivity index (χ0n) is 11.2. The fourth-order valence-corrected chi connectivity index (χ4v) is 3.34. The van der Waals surface area contributed by atoms with Gasteiger partial charge in [-0.2, -0.15) is 0 Å². The molecule has 2 aliphatic heterocycles. The Morgan fingerprint density at radius 2 is 2.37 bits per heavy atom. The van der Waals surface area contributed by atoms with Gasteiger partial charge < -0.3 is 14.5 Å². The van der Waals surface area contributed by atoms with E-state index in [4.69, 9.17) is 4.74 Å². The Hall–Kier alpha value is -1.21. The van der Waals surface area contributed by atoms with E-state index in [9.17, 15) is 4.79 Å². The summed E-state index contributed by atoms with van der Waals surface area (Å²) < 4.78 is 5.68. The summed E-state index contributed by atoms with van der Waals surface area (Å²) in [5.74, 6) is 0.576. The molecule has 0 saturated carbocycles. The predicted octanol–water partition coefficient (Wildman–Crippen LogP) is 0.610. The number of hydrogen-bond donors (Lipinski definition) is 0. The monoisotopic (exact) mass is 282 g/mol. The lowest BCUT2D eigenvalue weighted by Crippen LogP contribution is -2.55. The molecule has 6 nitrogen and oxygen atoms in total. The van der Waals surface area contributed by atoms with Crippen molar-refractivity contribution >= 4 is 22.4 Å². The fourth-order valence-electron chi connectivity index (χ4n) is 2.76. The van der Waals surface area contributed by atoms with E-state index in [1.807, 2.05) is 4.90 Å². The van der Waals surface area contributed by atoms with Gasteiger partial charge in [0.1, 0.15) is 12.1 Å². The van der Waals surface area contributed by atoms with E-state index in [0.29, 0.717) is 5.92 Å². The first kappa shape index (κ1) is 12.8. The second-order valence-corrected chi connectivity index (χ2v) is 6.29. The van der Waals surface area contributed by atoms with Crippen LogP contribution in [0.15, 0.2) is 5.51 Å². The van der Waals surface area contributed by atoms with Gasteiger partial charge in [0, 0.05) is 19.6 Å². The number of rotatable bonds is 3. The lowest BCUT2D eigenvalue weighted by atomic mass is 10.1. The Balaban J connectivity index is 1.76. The summed E-state index contributed by atoms with van der Waals surface area (Å²) in [5.41, 5.74) is 1.73. The van der Waals surface area contributed by atoms with Crippen molar-refractivity contribution in [2.45, 2.75) is 26.0 Å². The van der Waals surface area contributed by atoms with Crippen LogP contribution in [0.25, 0.3) is 0 Å². The van der Waals surface area contributed by atoms with Crippen molar-refractivity contribution < 1.29 is 9.53 Å². The SMILES string of the molecule is CC(C)CN1C(=O)CO[C@@H]2CN(c3nncs3)C[C@H]21. The molecule has 0 unspecified atom stereocenters. The quantitative estimate of drug-likeness (QED) is 0.813. The van der Waals surface area contributed by atoms with Gasteiger partial charge in [0.15, 0.2) is 0 Å². The number of fused-ring (bicyclic) bond motifs is 1. The number of anilines is 1. The van der Waals surface area contributed by atoms with Crippen LogP contribution >= 0.6 is 11.3 Å². The minimum absolute atomic E-state index is 0.0975. The number of carbonyl (C=O) groups is 1. The number of morpholine rings is 1.